The van der Waals surface area contributed by atoms with Gasteiger partial charge < -0.3 is 15.5 Å². The maximum absolute atomic E-state index is 5.58. The van der Waals surface area contributed by atoms with Gasteiger partial charge in [0.25, 0.3) is 0 Å². The number of aromatic nitrogens is 1. The minimum Gasteiger partial charge on any atom is -0.496 e. The number of methoxy groups -OCH3 is 1. The number of aryl methyl sites for hydroxylation is 1. The Hall–Kier alpha value is -1.74. The van der Waals surface area contributed by atoms with Gasteiger partial charge in [-0.05, 0) is 43.1 Å². The highest BCUT2D eigenvalue weighted by Crippen LogP contribution is 2.32. The smallest absolute Gasteiger partial charge is 0.128 e. The highest BCUT2D eigenvalue weighted by atomic mass is 16.5. The molecule has 0 spiro atoms. The molecule has 3 heteroatoms. The fourth-order valence-electron chi connectivity index (χ4n) is 2.04. The van der Waals surface area contributed by atoms with Crippen molar-refractivity contribution in [1.82, 2.24) is 4.98 Å². The Labute approximate surface area is 102 Å². The Morgan fingerprint density at radius 3 is 2.76 bits per heavy atom. The number of nitrogens with one attached hydrogen (secondary N) is 1. The number of aromatic amines is 1. The minimum absolute atomic E-state index is 0.710. The molecule has 3 N–H and O–H groups in total. The van der Waals surface area contributed by atoms with E-state index < -0.39 is 0 Å². The second-order valence-corrected chi connectivity index (χ2v) is 3.97. The number of nitrogens with two attached hydrogens (primary N) is 1. The van der Waals surface area contributed by atoms with Crippen molar-refractivity contribution >= 4 is 0 Å². The molecule has 0 saturated carbocycles. The van der Waals surface area contributed by atoms with E-state index in [0.717, 1.165) is 29.8 Å². The molecule has 2 rings (SSSR count). The summed E-state index contributed by atoms with van der Waals surface area (Å²) in [7, 11) is 1.70. The summed E-state index contributed by atoms with van der Waals surface area (Å²) in [4.78, 5) is 3.23. The van der Waals surface area contributed by atoms with E-state index in [-0.39, 0.29) is 0 Å². The van der Waals surface area contributed by atoms with Crippen LogP contribution in [0.1, 0.15) is 12.0 Å². The number of hydrogen-bond acceptors (Lipinski definition) is 2. The molecule has 0 unspecified atom stereocenters. The molecular weight excluding hydrogens is 212 g/mol. The molecule has 90 valence electrons. The summed E-state index contributed by atoms with van der Waals surface area (Å²) in [5.41, 5.74) is 9.09. The van der Waals surface area contributed by atoms with Gasteiger partial charge in [0, 0.05) is 17.5 Å². The maximum atomic E-state index is 5.58. The third kappa shape index (κ3) is 2.50. The predicted molar refractivity (Wildman–Crippen MR) is 70.2 cm³/mol. The highest BCUT2D eigenvalue weighted by Gasteiger charge is 2.11. The molecule has 17 heavy (non-hydrogen) atoms. The molecule has 0 radical (unpaired) electrons. The third-order valence-corrected chi connectivity index (χ3v) is 2.85. The fraction of sp³-hybridized carbons (Fsp3) is 0.286. The largest absolute Gasteiger partial charge is 0.496 e. The summed E-state index contributed by atoms with van der Waals surface area (Å²) >= 11 is 0. The fourth-order valence-corrected chi connectivity index (χ4v) is 2.04. The lowest BCUT2D eigenvalue weighted by Crippen LogP contribution is -2.02. The summed E-state index contributed by atoms with van der Waals surface area (Å²) in [5.74, 6) is 0.905. The van der Waals surface area contributed by atoms with Crippen molar-refractivity contribution in [3.63, 3.8) is 0 Å². The van der Waals surface area contributed by atoms with Crippen LogP contribution in [0.3, 0.4) is 0 Å². The number of ether oxygens (including phenoxy) is 1. The second kappa shape index (κ2) is 5.55. The third-order valence-electron chi connectivity index (χ3n) is 2.85. The van der Waals surface area contributed by atoms with E-state index in [1.54, 1.807) is 7.11 Å². The van der Waals surface area contributed by atoms with Gasteiger partial charge in [-0.25, -0.2) is 0 Å². The molecule has 0 aliphatic rings. The first-order chi connectivity index (χ1) is 8.36. The zero-order valence-electron chi connectivity index (χ0n) is 10.1. The van der Waals surface area contributed by atoms with Gasteiger partial charge in [-0.2, -0.15) is 0 Å². The zero-order chi connectivity index (χ0) is 12.1. The van der Waals surface area contributed by atoms with Crippen LogP contribution in [0, 0.1) is 0 Å². The molecule has 0 amide bonds. The number of hydrogen-bond donors (Lipinski definition) is 2. The standard InChI is InChI=1S/C14H18N2O/c1-17-13-8-2-5-11(6-3-9-15)14(13)12-7-4-10-16-12/h2,4-5,7-8,10,16H,3,6,9,15H2,1H3. The van der Waals surface area contributed by atoms with Gasteiger partial charge in [0.2, 0.25) is 0 Å². The Morgan fingerprint density at radius 1 is 1.24 bits per heavy atom. The van der Waals surface area contributed by atoms with Crippen LogP contribution < -0.4 is 10.5 Å². The molecule has 0 aliphatic heterocycles. The van der Waals surface area contributed by atoms with Crippen molar-refractivity contribution in [2.24, 2.45) is 5.73 Å². The van der Waals surface area contributed by atoms with E-state index in [4.69, 9.17) is 10.5 Å². The Morgan fingerprint density at radius 2 is 2.12 bits per heavy atom. The molecule has 2 aromatic rings. The SMILES string of the molecule is COc1cccc(CCCN)c1-c1ccc[nH]1. The molecule has 0 fully saturated rings. The highest BCUT2D eigenvalue weighted by molar-refractivity contribution is 5.71. The van der Waals surface area contributed by atoms with E-state index in [2.05, 4.69) is 17.1 Å². The van der Waals surface area contributed by atoms with E-state index in [1.165, 1.54) is 5.56 Å². The first kappa shape index (κ1) is 11.7. The monoisotopic (exact) mass is 230 g/mol. The van der Waals surface area contributed by atoms with Crippen LogP contribution in [0.2, 0.25) is 0 Å². The minimum atomic E-state index is 0.710. The van der Waals surface area contributed by atoms with Crippen LogP contribution in [0.15, 0.2) is 36.5 Å². The quantitative estimate of drug-likeness (QED) is 0.829. The van der Waals surface area contributed by atoms with E-state index in [9.17, 15) is 0 Å². The molecule has 1 heterocycles. The van der Waals surface area contributed by atoms with Crippen LogP contribution in [0.5, 0.6) is 5.75 Å². The molecule has 0 saturated heterocycles. The first-order valence-electron chi connectivity index (χ1n) is 5.86. The van der Waals surface area contributed by atoms with E-state index in [0.29, 0.717) is 6.54 Å². The summed E-state index contributed by atoms with van der Waals surface area (Å²) in [6.45, 7) is 0.710. The lowest BCUT2D eigenvalue weighted by Gasteiger charge is -2.12. The number of rotatable bonds is 5. The first-order valence-corrected chi connectivity index (χ1v) is 5.86. The molecule has 3 nitrogen and oxygen atoms in total. The molecular formula is C14H18N2O. The number of H-pyrrole nitrogens is 1. The average molecular weight is 230 g/mol. The van der Waals surface area contributed by atoms with Crippen molar-refractivity contribution in [3.05, 3.63) is 42.1 Å². The molecule has 0 bridgehead atoms. The number of benzene rings is 1. The second-order valence-electron chi connectivity index (χ2n) is 3.97. The van der Waals surface area contributed by atoms with Crippen LogP contribution in [-0.2, 0) is 6.42 Å². The van der Waals surface area contributed by atoms with Crippen LogP contribution in [0.25, 0.3) is 11.3 Å². The Bertz CT molecular complexity index is 463. The molecule has 0 aliphatic carbocycles. The van der Waals surface area contributed by atoms with Gasteiger partial charge in [-0.3, -0.25) is 0 Å². The van der Waals surface area contributed by atoms with Gasteiger partial charge in [-0.1, -0.05) is 12.1 Å². The van der Waals surface area contributed by atoms with Crippen molar-refractivity contribution in [3.8, 4) is 17.0 Å². The van der Waals surface area contributed by atoms with Gasteiger partial charge in [0.15, 0.2) is 0 Å². The van der Waals surface area contributed by atoms with Crippen LogP contribution >= 0.6 is 0 Å². The van der Waals surface area contributed by atoms with E-state index >= 15 is 0 Å². The van der Waals surface area contributed by atoms with Crippen molar-refractivity contribution in [1.29, 1.82) is 0 Å². The molecule has 1 aromatic carbocycles. The lowest BCUT2D eigenvalue weighted by atomic mass is 9.99. The summed E-state index contributed by atoms with van der Waals surface area (Å²) in [6.07, 6.45) is 3.89. The van der Waals surface area contributed by atoms with Crippen molar-refractivity contribution in [2.75, 3.05) is 13.7 Å². The average Bonchev–Trinajstić information content (AvgIpc) is 2.89. The predicted octanol–water partition coefficient (Wildman–Crippen LogP) is 2.58. The molecule has 0 atom stereocenters. The molecule has 1 aromatic heterocycles. The van der Waals surface area contributed by atoms with Crippen molar-refractivity contribution < 1.29 is 4.74 Å². The maximum Gasteiger partial charge on any atom is 0.128 e. The summed E-state index contributed by atoms with van der Waals surface area (Å²) in [6, 6.07) is 10.2. The lowest BCUT2D eigenvalue weighted by molar-refractivity contribution is 0.416. The van der Waals surface area contributed by atoms with Crippen LogP contribution in [0.4, 0.5) is 0 Å². The topological polar surface area (TPSA) is 51.0 Å². The van der Waals surface area contributed by atoms with Crippen LogP contribution in [-0.4, -0.2) is 18.6 Å². The van der Waals surface area contributed by atoms with Gasteiger partial charge in [-0.15, -0.1) is 0 Å². The Kier molecular flexibility index (Phi) is 3.83. The van der Waals surface area contributed by atoms with Crippen molar-refractivity contribution in [2.45, 2.75) is 12.8 Å². The van der Waals surface area contributed by atoms with Gasteiger partial charge >= 0.3 is 0 Å². The Balaban J connectivity index is 2.44. The van der Waals surface area contributed by atoms with Gasteiger partial charge in [0.05, 0.1) is 7.11 Å². The summed E-state index contributed by atoms with van der Waals surface area (Å²) in [5, 5.41) is 0. The normalized spacial score (nSPS) is 10.5. The zero-order valence-corrected chi connectivity index (χ0v) is 10.1. The van der Waals surface area contributed by atoms with E-state index in [1.807, 2.05) is 24.4 Å². The summed E-state index contributed by atoms with van der Waals surface area (Å²) < 4.78 is 5.44. The van der Waals surface area contributed by atoms with Gasteiger partial charge in [0.1, 0.15) is 5.75 Å².